The average molecular weight is 250 g/mol. The van der Waals surface area contributed by atoms with Crippen molar-refractivity contribution in [3.63, 3.8) is 0 Å². The van der Waals surface area contributed by atoms with Crippen molar-refractivity contribution >= 4 is 5.78 Å². The zero-order valence-electron chi connectivity index (χ0n) is 9.51. The highest BCUT2D eigenvalue weighted by molar-refractivity contribution is 6.00. The zero-order chi connectivity index (χ0) is 13.3. The van der Waals surface area contributed by atoms with Gasteiger partial charge in [-0.25, -0.2) is 13.2 Å². The normalized spacial score (nSPS) is 10.4. The summed E-state index contributed by atoms with van der Waals surface area (Å²) in [6.07, 6.45) is 0. The molecule has 4 heteroatoms. The Bertz CT molecular complexity index is 620. The lowest BCUT2D eigenvalue weighted by Crippen LogP contribution is -1.98. The number of ketones is 1. The Balaban J connectivity index is 2.69. The van der Waals surface area contributed by atoms with Gasteiger partial charge in [0.2, 0.25) is 0 Å². The van der Waals surface area contributed by atoms with E-state index < -0.39 is 17.5 Å². The molecule has 0 N–H and O–H groups in total. The molecule has 0 heterocycles. The van der Waals surface area contributed by atoms with Gasteiger partial charge in [0.25, 0.3) is 0 Å². The van der Waals surface area contributed by atoms with Gasteiger partial charge in [0, 0.05) is 17.2 Å². The summed E-state index contributed by atoms with van der Waals surface area (Å²) in [7, 11) is 0. The molecule has 0 aliphatic carbocycles. The molecule has 0 atom stereocenters. The third-order valence-corrected chi connectivity index (χ3v) is 2.58. The maximum Gasteiger partial charge on any atom is 0.160 e. The van der Waals surface area contributed by atoms with Crippen LogP contribution >= 0.6 is 0 Å². The largest absolute Gasteiger partial charge is 0.294 e. The highest BCUT2D eigenvalue weighted by Crippen LogP contribution is 2.28. The van der Waals surface area contributed by atoms with Crippen molar-refractivity contribution in [3.05, 3.63) is 59.4 Å². The fourth-order valence-electron chi connectivity index (χ4n) is 1.75. The van der Waals surface area contributed by atoms with Crippen LogP contribution in [0.4, 0.5) is 13.2 Å². The van der Waals surface area contributed by atoms with Gasteiger partial charge in [-0.15, -0.1) is 0 Å². The van der Waals surface area contributed by atoms with Crippen LogP contribution in [0.5, 0.6) is 0 Å². The van der Waals surface area contributed by atoms with Crippen LogP contribution in [0.3, 0.4) is 0 Å². The van der Waals surface area contributed by atoms with Gasteiger partial charge in [0.1, 0.15) is 17.5 Å². The van der Waals surface area contributed by atoms with E-state index in [0.717, 1.165) is 18.2 Å². The van der Waals surface area contributed by atoms with Gasteiger partial charge in [-0.1, -0.05) is 0 Å². The van der Waals surface area contributed by atoms with Crippen molar-refractivity contribution in [1.82, 2.24) is 0 Å². The van der Waals surface area contributed by atoms with E-state index >= 15 is 0 Å². The van der Waals surface area contributed by atoms with E-state index in [9.17, 15) is 18.0 Å². The maximum atomic E-state index is 13.6. The molecule has 0 spiro atoms. The molecule has 18 heavy (non-hydrogen) atoms. The molecule has 0 aliphatic heterocycles. The van der Waals surface area contributed by atoms with E-state index in [0.29, 0.717) is 6.07 Å². The molecule has 0 saturated carbocycles. The van der Waals surface area contributed by atoms with E-state index in [1.807, 2.05) is 0 Å². The van der Waals surface area contributed by atoms with Gasteiger partial charge in [-0.3, -0.25) is 4.79 Å². The van der Waals surface area contributed by atoms with Crippen LogP contribution in [0.1, 0.15) is 17.3 Å². The van der Waals surface area contributed by atoms with E-state index in [-0.39, 0.29) is 22.5 Å². The van der Waals surface area contributed by atoms with Crippen molar-refractivity contribution in [1.29, 1.82) is 0 Å². The van der Waals surface area contributed by atoms with E-state index in [1.54, 1.807) is 0 Å². The number of halogens is 3. The molecule has 2 aromatic rings. The summed E-state index contributed by atoms with van der Waals surface area (Å²) in [6, 6.07) is 6.42. The first-order chi connectivity index (χ1) is 8.49. The standard InChI is InChI=1S/C14H9F3O/c1-8(18)11-4-2-9(15)6-13(11)12-5-3-10(16)7-14(12)17/h2-7H,1H3. The summed E-state index contributed by atoms with van der Waals surface area (Å²) in [5, 5.41) is 0. The molecule has 0 bridgehead atoms. The molecular formula is C14H9F3O. The van der Waals surface area contributed by atoms with Crippen LogP contribution in [-0.2, 0) is 0 Å². The van der Waals surface area contributed by atoms with Crippen molar-refractivity contribution < 1.29 is 18.0 Å². The minimum absolute atomic E-state index is 0.00102. The Morgan fingerprint density at radius 3 is 2.11 bits per heavy atom. The summed E-state index contributed by atoms with van der Waals surface area (Å²) in [5.74, 6) is -2.45. The Hall–Kier alpha value is -2.10. The average Bonchev–Trinajstić information content (AvgIpc) is 2.28. The predicted molar refractivity (Wildman–Crippen MR) is 61.8 cm³/mol. The quantitative estimate of drug-likeness (QED) is 0.737. The molecule has 1 nitrogen and oxygen atoms in total. The molecule has 2 rings (SSSR count). The van der Waals surface area contributed by atoms with Gasteiger partial charge in [0.15, 0.2) is 5.78 Å². The van der Waals surface area contributed by atoms with Crippen LogP contribution in [0.15, 0.2) is 36.4 Å². The van der Waals surface area contributed by atoms with Crippen LogP contribution in [0, 0.1) is 17.5 Å². The second-order valence-electron chi connectivity index (χ2n) is 3.87. The second-order valence-corrected chi connectivity index (χ2v) is 3.87. The van der Waals surface area contributed by atoms with Crippen molar-refractivity contribution in [2.24, 2.45) is 0 Å². The SMILES string of the molecule is CC(=O)c1ccc(F)cc1-c1ccc(F)cc1F. The molecule has 0 fully saturated rings. The van der Waals surface area contributed by atoms with Crippen molar-refractivity contribution in [3.8, 4) is 11.1 Å². The summed E-state index contributed by atoms with van der Waals surface area (Å²) in [5.41, 5.74) is 0.322. The van der Waals surface area contributed by atoms with Crippen LogP contribution in [0.2, 0.25) is 0 Å². The molecule has 0 aromatic heterocycles. The number of hydrogen-bond donors (Lipinski definition) is 0. The number of hydrogen-bond acceptors (Lipinski definition) is 1. The molecule has 0 unspecified atom stereocenters. The van der Waals surface area contributed by atoms with Crippen molar-refractivity contribution in [2.75, 3.05) is 0 Å². The second kappa shape index (κ2) is 4.64. The Morgan fingerprint density at radius 2 is 1.50 bits per heavy atom. The van der Waals surface area contributed by atoms with Gasteiger partial charge in [-0.05, 0) is 42.8 Å². The first kappa shape index (κ1) is 12.4. The molecule has 0 radical (unpaired) electrons. The van der Waals surface area contributed by atoms with Crippen LogP contribution in [0.25, 0.3) is 11.1 Å². The van der Waals surface area contributed by atoms with Crippen LogP contribution < -0.4 is 0 Å². The highest BCUT2D eigenvalue weighted by Gasteiger charge is 2.14. The highest BCUT2D eigenvalue weighted by atomic mass is 19.1. The summed E-state index contributed by atoms with van der Waals surface area (Å²) in [4.78, 5) is 11.4. The topological polar surface area (TPSA) is 17.1 Å². The fraction of sp³-hybridized carbons (Fsp3) is 0.0714. The summed E-state index contributed by atoms with van der Waals surface area (Å²) in [6.45, 7) is 1.30. The van der Waals surface area contributed by atoms with E-state index in [4.69, 9.17) is 0 Å². The minimum Gasteiger partial charge on any atom is -0.294 e. The van der Waals surface area contributed by atoms with Gasteiger partial charge >= 0.3 is 0 Å². The lowest BCUT2D eigenvalue weighted by Gasteiger charge is -2.08. The van der Waals surface area contributed by atoms with Gasteiger partial charge in [0.05, 0.1) is 0 Å². The Kier molecular flexibility index (Phi) is 3.19. The number of benzene rings is 2. The first-order valence-electron chi connectivity index (χ1n) is 5.25. The van der Waals surface area contributed by atoms with E-state index in [2.05, 4.69) is 0 Å². The summed E-state index contributed by atoms with van der Waals surface area (Å²) >= 11 is 0. The Labute approximate surface area is 102 Å². The minimum atomic E-state index is -0.830. The molecule has 0 amide bonds. The number of rotatable bonds is 2. The van der Waals surface area contributed by atoms with E-state index in [1.165, 1.54) is 19.1 Å². The lowest BCUT2D eigenvalue weighted by molar-refractivity contribution is 0.101. The van der Waals surface area contributed by atoms with Crippen LogP contribution in [-0.4, -0.2) is 5.78 Å². The number of carbonyl (C=O) groups is 1. The molecule has 92 valence electrons. The van der Waals surface area contributed by atoms with Crippen molar-refractivity contribution in [2.45, 2.75) is 6.92 Å². The smallest absolute Gasteiger partial charge is 0.160 e. The predicted octanol–water partition coefficient (Wildman–Crippen LogP) is 3.97. The first-order valence-corrected chi connectivity index (χ1v) is 5.25. The van der Waals surface area contributed by atoms with Gasteiger partial charge in [-0.2, -0.15) is 0 Å². The fourth-order valence-corrected chi connectivity index (χ4v) is 1.75. The monoisotopic (exact) mass is 250 g/mol. The molecule has 0 aliphatic rings. The lowest BCUT2D eigenvalue weighted by atomic mass is 9.97. The van der Waals surface area contributed by atoms with Gasteiger partial charge < -0.3 is 0 Å². The molecule has 0 saturated heterocycles. The number of Topliss-reactive ketones (excluding diaryl/α,β-unsaturated/α-hetero) is 1. The maximum absolute atomic E-state index is 13.6. The zero-order valence-corrected chi connectivity index (χ0v) is 9.51. The number of carbonyl (C=O) groups excluding carboxylic acids is 1. The third kappa shape index (κ3) is 2.27. The molecule has 2 aromatic carbocycles. The summed E-state index contributed by atoms with van der Waals surface area (Å²) < 4.78 is 39.7. The molecular weight excluding hydrogens is 241 g/mol. The Morgan fingerprint density at radius 1 is 0.889 bits per heavy atom. The third-order valence-electron chi connectivity index (χ3n) is 2.58.